The predicted molar refractivity (Wildman–Crippen MR) is 80.2 cm³/mol. The first-order chi connectivity index (χ1) is 10.3. The molecule has 0 bridgehead atoms. The van der Waals surface area contributed by atoms with Crippen molar-refractivity contribution in [2.24, 2.45) is 0 Å². The fourth-order valence-corrected chi connectivity index (χ4v) is 2.94. The Morgan fingerprint density at radius 3 is 3.14 bits per heavy atom. The molecular weight excluding hydrogens is 288 g/mol. The molecule has 21 heavy (non-hydrogen) atoms. The van der Waals surface area contributed by atoms with E-state index in [2.05, 4.69) is 20.0 Å². The molecule has 0 aromatic carbocycles. The summed E-state index contributed by atoms with van der Waals surface area (Å²) in [4.78, 5) is 10.9. The van der Waals surface area contributed by atoms with E-state index in [4.69, 9.17) is 16.1 Å². The average molecular weight is 307 g/mol. The molecule has 1 atom stereocenters. The van der Waals surface area contributed by atoms with E-state index in [0.717, 1.165) is 61.2 Å². The second kappa shape index (κ2) is 6.54. The van der Waals surface area contributed by atoms with Gasteiger partial charge in [-0.15, -0.1) is 0 Å². The lowest BCUT2D eigenvalue weighted by molar-refractivity contribution is 0.194. The fraction of sp³-hybridized carbons (Fsp3) is 0.533. The summed E-state index contributed by atoms with van der Waals surface area (Å²) >= 11 is 6.19. The van der Waals surface area contributed by atoms with Gasteiger partial charge in [0, 0.05) is 37.8 Å². The van der Waals surface area contributed by atoms with Crippen LogP contribution in [0.4, 0.5) is 0 Å². The van der Waals surface area contributed by atoms with Crippen LogP contribution in [0.3, 0.4) is 0 Å². The van der Waals surface area contributed by atoms with Crippen molar-refractivity contribution in [2.45, 2.75) is 38.6 Å². The van der Waals surface area contributed by atoms with Gasteiger partial charge in [-0.25, -0.2) is 0 Å². The predicted octanol–water partition coefficient (Wildman–Crippen LogP) is 3.06. The minimum atomic E-state index is 0.350. The topological polar surface area (TPSA) is 55.1 Å². The molecule has 1 saturated heterocycles. The summed E-state index contributed by atoms with van der Waals surface area (Å²) < 4.78 is 5.23. The average Bonchev–Trinajstić information content (AvgIpc) is 2.99. The molecule has 6 heteroatoms. The van der Waals surface area contributed by atoms with Crippen molar-refractivity contribution < 1.29 is 4.52 Å². The van der Waals surface area contributed by atoms with E-state index < -0.39 is 0 Å². The monoisotopic (exact) mass is 306 g/mol. The third-order valence-corrected chi connectivity index (χ3v) is 4.25. The Morgan fingerprint density at radius 1 is 1.48 bits per heavy atom. The number of pyridine rings is 1. The minimum Gasteiger partial charge on any atom is -0.339 e. The van der Waals surface area contributed by atoms with Crippen LogP contribution >= 0.6 is 11.6 Å². The minimum absolute atomic E-state index is 0.350. The quantitative estimate of drug-likeness (QED) is 0.869. The summed E-state index contributed by atoms with van der Waals surface area (Å²) in [5.74, 6) is 1.92. The van der Waals surface area contributed by atoms with E-state index in [1.807, 2.05) is 13.0 Å². The van der Waals surface area contributed by atoms with Gasteiger partial charge >= 0.3 is 0 Å². The van der Waals surface area contributed by atoms with Gasteiger partial charge in [0.15, 0.2) is 5.82 Å². The summed E-state index contributed by atoms with van der Waals surface area (Å²) in [6.45, 7) is 4.89. The summed E-state index contributed by atoms with van der Waals surface area (Å²) in [5, 5.41) is 4.85. The van der Waals surface area contributed by atoms with E-state index in [-0.39, 0.29) is 0 Å². The van der Waals surface area contributed by atoms with Crippen LogP contribution in [0.2, 0.25) is 5.02 Å². The van der Waals surface area contributed by atoms with Crippen LogP contribution in [0, 0.1) is 0 Å². The van der Waals surface area contributed by atoms with E-state index in [9.17, 15) is 0 Å². The zero-order valence-electron chi connectivity index (χ0n) is 12.1. The first kappa shape index (κ1) is 14.5. The number of nitrogens with zero attached hydrogens (tertiary/aromatic N) is 4. The van der Waals surface area contributed by atoms with E-state index in [1.165, 1.54) is 0 Å². The Labute approximate surface area is 129 Å². The van der Waals surface area contributed by atoms with Gasteiger partial charge in [0.2, 0.25) is 5.89 Å². The lowest BCUT2D eigenvalue weighted by Crippen LogP contribution is -2.34. The molecule has 2 aromatic heterocycles. The molecular formula is C15H19ClN4O. The number of hydrogen-bond acceptors (Lipinski definition) is 5. The molecule has 1 aliphatic rings. The molecule has 1 aliphatic heterocycles. The van der Waals surface area contributed by atoms with Gasteiger partial charge in [-0.1, -0.05) is 23.7 Å². The zero-order chi connectivity index (χ0) is 14.7. The number of halogens is 1. The number of aromatic nitrogens is 3. The maximum atomic E-state index is 6.19. The van der Waals surface area contributed by atoms with Crippen molar-refractivity contribution in [3.63, 3.8) is 0 Å². The zero-order valence-corrected chi connectivity index (χ0v) is 12.9. The van der Waals surface area contributed by atoms with Crippen LogP contribution in [0.1, 0.15) is 43.0 Å². The Kier molecular flexibility index (Phi) is 4.51. The SMILES string of the molecule is CCc1nc(C2CCCN(Cc3ccncc3Cl)C2)no1. The lowest BCUT2D eigenvalue weighted by atomic mass is 9.97. The maximum absolute atomic E-state index is 6.19. The third-order valence-electron chi connectivity index (χ3n) is 3.91. The summed E-state index contributed by atoms with van der Waals surface area (Å²) in [5.41, 5.74) is 1.12. The van der Waals surface area contributed by atoms with Crippen LogP contribution in [0.25, 0.3) is 0 Å². The van der Waals surface area contributed by atoms with Gasteiger partial charge < -0.3 is 4.52 Å². The number of likely N-dealkylation sites (tertiary alicyclic amines) is 1. The number of aryl methyl sites for hydroxylation is 1. The Balaban J connectivity index is 1.67. The van der Waals surface area contributed by atoms with Gasteiger partial charge in [0.25, 0.3) is 0 Å². The van der Waals surface area contributed by atoms with Crippen molar-refractivity contribution in [3.8, 4) is 0 Å². The van der Waals surface area contributed by atoms with Crippen molar-refractivity contribution in [3.05, 3.63) is 40.8 Å². The highest BCUT2D eigenvalue weighted by molar-refractivity contribution is 6.31. The van der Waals surface area contributed by atoms with Crippen LogP contribution in [-0.4, -0.2) is 33.1 Å². The molecule has 0 aliphatic carbocycles. The number of rotatable bonds is 4. The smallest absolute Gasteiger partial charge is 0.226 e. The first-order valence-corrected chi connectivity index (χ1v) is 7.77. The number of piperidine rings is 1. The molecule has 3 rings (SSSR count). The van der Waals surface area contributed by atoms with E-state index >= 15 is 0 Å². The molecule has 2 aromatic rings. The van der Waals surface area contributed by atoms with Gasteiger partial charge in [-0.3, -0.25) is 9.88 Å². The van der Waals surface area contributed by atoms with E-state index in [0.29, 0.717) is 5.92 Å². The lowest BCUT2D eigenvalue weighted by Gasteiger charge is -2.31. The van der Waals surface area contributed by atoms with Gasteiger partial charge in [0.05, 0.1) is 5.02 Å². The first-order valence-electron chi connectivity index (χ1n) is 7.39. The van der Waals surface area contributed by atoms with Gasteiger partial charge in [-0.05, 0) is 31.0 Å². The highest BCUT2D eigenvalue weighted by atomic mass is 35.5. The fourth-order valence-electron chi connectivity index (χ4n) is 2.76. The maximum Gasteiger partial charge on any atom is 0.226 e. The van der Waals surface area contributed by atoms with Crippen molar-refractivity contribution >= 4 is 11.6 Å². The molecule has 0 N–H and O–H groups in total. The molecule has 112 valence electrons. The Morgan fingerprint density at radius 2 is 2.38 bits per heavy atom. The van der Waals surface area contributed by atoms with Crippen molar-refractivity contribution in [1.29, 1.82) is 0 Å². The Bertz CT molecular complexity index is 601. The van der Waals surface area contributed by atoms with E-state index in [1.54, 1.807) is 12.4 Å². The largest absolute Gasteiger partial charge is 0.339 e. The third kappa shape index (κ3) is 3.41. The summed E-state index contributed by atoms with van der Waals surface area (Å²) in [6.07, 6.45) is 6.53. The molecule has 5 nitrogen and oxygen atoms in total. The van der Waals surface area contributed by atoms with Gasteiger partial charge in [0.1, 0.15) is 0 Å². The normalized spacial score (nSPS) is 19.8. The van der Waals surface area contributed by atoms with Crippen LogP contribution in [0.5, 0.6) is 0 Å². The summed E-state index contributed by atoms with van der Waals surface area (Å²) in [6, 6.07) is 1.98. The van der Waals surface area contributed by atoms with Crippen molar-refractivity contribution in [2.75, 3.05) is 13.1 Å². The standard InChI is InChI=1S/C15H19ClN4O/c1-2-14-18-15(19-21-14)12-4-3-7-20(10-12)9-11-5-6-17-8-13(11)16/h5-6,8,12H,2-4,7,9-10H2,1H3. The second-order valence-electron chi connectivity index (χ2n) is 5.44. The summed E-state index contributed by atoms with van der Waals surface area (Å²) in [7, 11) is 0. The molecule has 0 radical (unpaired) electrons. The van der Waals surface area contributed by atoms with Gasteiger partial charge in [-0.2, -0.15) is 4.98 Å². The molecule has 0 saturated carbocycles. The molecule has 0 amide bonds. The van der Waals surface area contributed by atoms with Crippen LogP contribution in [0.15, 0.2) is 23.0 Å². The number of hydrogen-bond donors (Lipinski definition) is 0. The molecule has 1 fully saturated rings. The molecule has 3 heterocycles. The Hall–Kier alpha value is -1.46. The highest BCUT2D eigenvalue weighted by Crippen LogP contribution is 2.27. The highest BCUT2D eigenvalue weighted by Gasteiger charge is 2.25. The van der Waals surface area contributed by atoms with Crippen LogP contribution < -0.4 is 0 Å². The molecule has 0 spiro atoms. The van der Waals surface area contributed by atoms with Crippen LogP contribution in [-0.2, 0) is 13.0 Å². The molecule has 1 unspecified atom stereocenters. The second-order valence-corrected chi connectivity index (χ2v) is 5.85. The van der Waals surface area contributed by atoms with Crippen molar-refractivity contribution in [1.82, 2.24) is 20.0 Å².